The Bertz CT molecular complexity index is 410. The first-order chi connectivity index (χ1) is 9.17. The van der Waals surface area contributed by atoms with Gasteiger partial charge in [0.15, 0.2) is 0 Å². The van der Waals surface area contributed by atoms with Crippen LogP contribution in [0.25, 0.3) is 0 Å². The minimum Gasteiger partial charge on any atom is -0.493 e. The quantitative estimate of drug-likeness (QED) is 0.770. The van der Waals surface area contributed by atoms with E-state index in [9.17, 15) is 4.79 Å². The first kappa shape index (κ1) is 16.0. The van der Waals surface area contributed by atoms with Crippen LogP contribution in [0.4, 0.5) is 0 Å². The molecule has 106 valence electrons. The van der Waals surface area contributed by atoms with Crippen LogP contribution in [0.3, 0.4) is 0 Å². The number of hydrogen-bond acceptors (Lipinski definition) is 3. The van der Waals surface area contributed by atoms with E-state index in [0.717, 1.165) is 28.9 Å². The number of carbonyl (C=O) groups excluding carboxylic acids is 1. The second kappa shape index (κ2) is 8.93. The molecule has 0 fully saturated rings. The van der Waals surface area contributed by atoms with E-state index in [1.54, 1.807) is 0 Å². The normalized spacial score (nSPS) is 10.3. The number of hydrogen-bond donors (Lipinski definition) is 2. The van der Waals surface area contributed by atoms with Gasteiger partial charge in [0.2, 0.25) is 5.91 Å². The van der Waals surface area contributed by atoms with Crippen molar-refractivity contribution in [3.05, 3.63) is 28.2 Å². The van der Waals surface area contributed by atoms with Crippen molar-refractivity contribution < 1.29 is 9.53 Å². The van der Waals surface area contributed by atoms with Gasteiger partial charge >= 0.3 is 0 Å². The maximum Gasteiger partial charge on any atom is 0.223 e. The third-order valence-corrected chi connectivity index (χ3v) is 3.33. The second-order valence-corrected chi connectivity index (χ2v) is 4.94. The van der Waals surface area contributed by atoms with Crippen molar-refractivity contribution in [2.24, 2.45) is 0 Å². The molecule has 0 aliphatic heterocycles. The van der Waals surface area contributed by atoms with E-state index in [0.29, 0.717) is 19.6 Å². The standard InChI is InChI=1S/C14H21BrN2O2/c1-3-16-10-11-9-12(5-6-13(11)15)19-8-7-14(18)17-4-2/h5-6,9,16H,3-4,7-8,10H2,1-2H3,(H,17,18). The largest absolute Gasteiger partial charge is 0.493 e. The van der Waals surface area contributed by atoms with Crippen LogP contribution < -0.4 is 15.4 Å². The van der Waals surface area contributed by atoms with Crippen molar-refractivity contribution in [1.29, 1.82) is 0 Å². The molecule has 0 aliphatic rings. The van der Waals surface area contributed by atoms with Crippen LogP contribution in [0.1, 0.15) is 25.8 Å². The van der Waals surface area contributed by atoms with Gasteiger partial charge in [-0.1, -0.05) is 22.9 Å². The van der Waals surface area contributed by atoms with Gasteiger partial charge in [0, 0.05) is 17.6 Å². The van der Waals surface area contributed by atoms with Crippen LogP contribution in [-0.2, 0) is 11.3 Å². The highest BCUT2D eigenvalue weighted by molar-refractivity contribution is 9.10. The molecule has 1 aromatic rings. The van der Waals surface area contributed by atoms with E-state index in [2.05, 4.69) is 33.5 Å². The minimum absolute atomic E-state index is 0.0208. The molecule has 4 nitrogen and oxygen atoms in total. The van der Waals surface area contributed by atoms with E-state index in [1.807, 2.05) is 25.1 Å². The number of halogens is 1. The average molecular weight is 329 g/mol. The zero-order valence-corrected chi connectivity index (χ0v) is 13.0. The predicted octanol–water partition coefficient (Wildman–Crippen LogP) is 2.46. The molecule has 0 spiro atoms. The highest BCUT2D eigenvalue weighted by Gasteiger charge is 2.04. The van der Waals surface area contributed by atoms with Crippen LogP contribution in [0.5, 0.6) is 5.75 Å². The van der Waals surface area contributed by atoms with Gasteiger partial charge in [0.1, 0.15) is 5.75 Å². The third-order valence-electron chi connectivity index (χ3n) is 2.55. The summed E-state index contributed by atoms with van der Waals surface area (Å²) in [6.07, 6.45) is 0.381. The molecule has 0 bridgehead atoms. The molecule has 0 radical (unpaired) electrons. The summed E-state index contributed by atoms with van der Waals surface area (Å²) in [7, 11) is 0. The van der Waals surface area contributed by atoms with Crippen LogP contribution >= 0.6 is 15.9 Å². The van der Waals surface area contributed by atoms with Gasteiger partial charge in [-0.3, -0.25) is 4.79 Å². The lowest BCUT2D eigenvalue weighted by atomic mass is 10.2. The zero-order chi connectivity index (χ0) is 14.1. The summed E-state index contributed by atoms with van der Waals surface area (Å²) >= 11 is 3.51. The summed E-state index contributed by atoms with van der Waals surface area (Å²) in [6.45, 7) is 6.75. The lowest BCUT2D eigenvalue weighted by Gasteiger charge is -2.10. The van der Waals surface area contributed by atoms with Gasteiger partial charge in [0.25, 0.3) is 0 Å². The van der Waals surface area contributed by atoms with Crippen molar-refractivity contribution in [1.82, 2.24) is 10.6 Å². The molecule has 19 heavy (non-hydrogen) atoms. The van der Waals surface area contributed by atoms with Crippen molar-refractivity contribution in [2.75, 3.05) is 19.7 Å². The molecule has 0 saturated heterocycles. The Morgan fingerprint density at radius 3 is 2.79 bits per heavy atom. The molecular formula is C14H21BrN2O2. The fraction of sp³-hybridized carbons (Fsp3) is 0.500. The molecular weight excluding hydrogens is 308 g/mol. The first-order valence-electron chi connectivity index (χ1n) is 6.56. The van der Waals surface area contributed by atoms with Crippen molar-refractivity contribution in [3.8, 4) is 5.75 Å². The number of benzene rings is 1. The van der Waals surface area contributed by atoms with Crippen molar-refractivity contribution in [2.45, 2.75) is 26.8 Å². The minimum atomic E-state index is 0.0208. The number of rotatable bonds is 8. The van der Waals surface area contributed by atoms with Crippen LogP contribution in [0, 0.1) is 0 Å². The van der Waals surface area contributed by atoms with Crippen LogP contribution in [-0.4, -0.2) is 25.6 Å². The molecule has 1 aromatic carbocycles. The maximum absolute atomic E-state index is 11.3. The predicted molar refractivity (Wildman–Crippen MR) is 80.3 cm³/mol. The summed E-state index contributed by atoms with van der Waals surface area (Å²) in [5.41, 5.74) is 1.15. The Balaban J connectivity index is 2.47. The van der Waals surface area contributed by atoms with Gasteiger partial charge < -0.3 is 15.4 Å². The molecule has 0 heterocycles. The first-order valence-corrected chi connectivity index (χ1v) is 7.35. The molecule has 1 amide bonds. The lowest BCUT2D eigenvalue weighted by molar-refractivity contribution is -0.121. The van der Waals surface area contributed by atoms with E-state index in [-0.39, 0.29) is 5.91 Å². The fourth-order valence-electron chi connectivity index (χ4n) is 1.58. The number of carbonyl (C=O) groups is 1. The summed E-state index contributed by atoms with van der Waals surface area (Å²) in [4.78, 5) is 11.3. The van der Waals surface area contributed by atoms with Crippen molar-refractivity contribution >= 4 is 21.8 Å². The lowest BCUT2D eigenvalue weighted by Crippen LogP contribution is -2.24. The van der Waals surface area contributed by atoms with Gasteiger partial charge in [0.05, 0.1) is 13.0 Å². The molecule has 0 aromatic heterocycles. The van der Waals surface area contributed by atoms with E-state index in [1.165, 1.54) is 0 Å². The van der Waals surface area contributed by atoms with E-state index in [4.69, 9.17) is 4.74 Å². The second-order valence-electron chi connectivity index (χ2n) is 4.09. The number of amides is 1. The number of ether oxygens (including phenoxy) is 1. The van der Waals surface area contributed by atoms with Gasteiger partial charge in [-0.25, -0.2) is 0 Å². The zero-order valence-electron chi connectivity index (χ0n) is 11.5. The van der Waals surface area contributed by atoms with E-state index >= 15 is 0 Å². The monoisotopic (exact) mass is 328 g/mol. The van der Waals surface area contributed by atoms with E-state index < -0.39 is 0 Å². The topological polar surface area (TPSA) is 50.4 Å². The third kappa shape index (κ3) is 6.07. The summed E-state index contributed by atoms with van der Waals surface area (Å²) in [6, 6.07) is 5.86. The number of nitrogens with one attached hydrogen (secondary N) is 2. The molecule has 0 aliphatic carbocycles. The molecule has 0 atom stereocenters. The summed E-state index contributed by atoms with van der Waals surface area (Å²) in [5.74, 6) is 0.813. The van der Waals surface area contributed by atoms with Gasteiger partial charge in [-0.05, 0) is 37.2 Å². The smallest absolute Gasteiger partial charge is 0.223 e. The maximum atomic E-state index is 11.3. The molecule has 5 heteroatoms. The van der Waals surface area contributed by atoms with Crippen LogP contribution in [0.2, 0.25) is 0 Å². The van der Waals surface area contributed by atoms with Gasteiger partial charge in [-0.15, -0.1) is 0 Å². The van der Waals surface area contributed by atoms with Crippen molar-refractivity contribution in [3.63, 3.8) is 0 Å². The Morgan fingerprint density at radius 2 is 2.11 bits per heavy atom. The Morgan fingerprint density at radius 1 is 1.32 bits per heavy atom. The Kier molecular flexibility index (Phi) is 7.52. The molecule has 1 rings (SSSR count). The summed E-state index contributed by atoms with van der Waals surface area (Å²) in [5, 5.41) is 6.02. The molecule has 0 unspecified atom stereocenters. The SMILES string of the molecule is CCNCc1cc(OCCC(=O)NCC)ccc1Br. The molecule has 2 N–H and O–H groups in total. The summed E-state index contributed by atoms with van der Waals surface area (Å²) < 4.78 is 6.65. The highest BCUT2D eigenvalue weighted by Crippen LogP contribution is 2.22. The Labute approximate surface area is 123 Å². The Hall–Kier alpha value is -1.07. The highest BCUT2D eigenvalue weighted by atomic mass is 79.9. The van der Waals surface area contributed by atoms with Gasteiger partial charge in [-0.2, -0.15) is 0 Å². The fourth-order valence-corrected chi connectivity index (χ4v) is 1.97. The molecule has 0 saturated carbocycles. The average Bonchev–Trinajstić information content (AvgIpc) is 2.39. The van der Waals surface area contributed by atoms with Crippen LogP contribution in [0.15, 0.2) is 22.7 Å².